The quantitative estimate of drug-likeness (QED) is 0.0166. The van der Waals surface area contributed by atoms with E-state index in [1.54, 1.807) is 6.08 Å². The number of hydrogen-bond donors (Lipinski definition) is 4. The van der Waals surface area contributed by atoms with Gasteiger partial charge in [0.25, 0.3) is 0 Å². The average Bonchev–Trinajstić information content (AvgIpc) is 3.08. The molecule has 4 N–H and O–H groups in total. The molecule has 2 unspecified atom stereocenters. The standard InChI is InChI=1S/C38H69O11P/c1-4-5-6-7-10-15-20-25-34(40)26-21-16-13-18-23-28-38(43)49-36(32-48-50(44,45)47-30-35(41)29-39)31-46-37(42)27-22-17-12-9-8-11-14-19-24-33(2)3/h5-6,10,15,20,25,33-36,39-41H,4,7-9,11-14,16-19,21-24,26-32H2,1-3H3,(H,44,45)/b6-5+,15-10+,25-20+/t34?,35-,36+/m0/s1. The minimum absolute atomic E-state index is 0.114. The van der Waals surface area contributed by atoms with Gasteiger partial charge in [-0.1, -0.05) is 134 Å². The molecule has 0 bridgehead atoms. The maximum atomic E-state index is 12.5. The van der Waals surface area contributed by atoms with Crippen LogP contribution in [0.2, 0.25) is 0 Å². The maximum Gasteiger partial charge on any atom is 0.472 e. The van der Waals surface area contributed by atoms with Crippen molar-refractivity contribution in [3.05, 3.63) is 36.5 Å². The van der Waals surface area contributed by atoms with Gasteiger partial charge in [0.1, 0.15) is 12.7 Å². The molecule has 0 aliphatic rings. The molecule has 0 saturated heterocycles. The van der Waals surface area contributed by atoms with Crippen LogP contribution in [-0.4, -0.2) is 76.9 Å². The minimum Gasteiger partial charge on any atom is -0.462 e. The van der Waals surface area contributed by atoms with Gasteiger partial charge >= 0.3 is 19.8 Å². The van der Waals surface area contributed by atoms with Gasteiger partial charge in [-0.3, -0.25) is 18.6 Å². The number of phosphoric ester groups is 1. The molecule has 0 amide bonds. The van der Waals surface area contributed by atoms with E-state index in [-0.39, 0.29) is 19.4 Å². The molecule has 0 aliphatic heterocycles. The topological polar surface area (TPSA) is 169 Å². The third-order valence-electron chi connectivity index (χ3n) is 7.84. The SMILES string of the molecule is CC/C=C/C/C=C/C=C/C(O)CCCCCCCC(=O)O[C@H](COC(=O)CCCCCCCCCCC(C)C)COP(=O)(O)OC[C@@H](O)CO. The zero-order valence-electron chi connectivity index (χ0n) is 31.1. The molecule has 0 heterocycles. The van der Waals surface area contributed by atoms with Crippen LogP contribution >= 0.6 is 7.82 Å². The van der Waals surface area contributed by atoms with E-state index < -0.39 is 57.9 Å². The molecule has 0 aliphatic carbocycles. The molecule has 50 heavy (non-hydrogen) atoms. The molecule has 0 aromatic rings. The summed E-state index contributed by atoms with van der Waals surface area (Å²) in [4.78, 5) is 34.8. The number of esters is 2. The van der Waals surface area contributed by atoms with Crippen LogP contribution in [0, 0.1) is 5.92 Å². The number of rotatable bonds is 34. The van der Waals surface area contributed by atoms with Crippen molar-refractivity contribution in [1.29, 1.82) is 0 Å². The Balaban J connectivity index is 4.48. The van der Waals surface area contributed by atoms with Crippen LogP contribution in [0.15, 0.2) is 36.5 Å². The minimum atomic E-state index is -4.64. The number of unbranched alkanes of at least 4 members (excludes halogenated alkanes) is 11. The van der Waals surface area contributed by atoms with E-state index in [9.17, 15) is 29.3 Å². The first-order valence-corrected chi connectivity index (χ1v) is 20.4. The zero-order chi connectivity index (χ0) is 37.3. The molecule has 11 nitrogen and oxygen atoms in total. The van der Waals surface area contributed by atoms with Gasteiger partial charge in [-0.2, -0.15) is 0 Å². The molecular formula is C38H69O11P. The monoisotopic (exact) mass is 732 g/mol. The summed E-state index contributed by atoms with van der Waals surface area (Å²) in [5.41, 5.74) is 0. The molecule has 0 aromatic carbocycles. The van der Waals surface area contributed by atoms with Gasteiger partial charge in [0, 0.05) is 12.8 Å². The van der Waals surface area contributed by atoms with Gasteiger partial charge in [0.05, 0.1) is 25.9 Å². The van der Waals surface area contributed by atoms with Gasteiger partial charge < -0.3 is 29.7 Å². The number of phosphoric acid groups is 1. The van der Waals surface area contributed by atoms with Crippen molar-refractivity contribution in [2.24, 2.45) is 5.92 Å². The number of aliphatic hydroxyl groups is 3. The lowest BCUT2D eigenvalue weighted by molar-refractivity contribution is -0.161. The predicted octanol–water partition coefficient (Wildman–Crippen LogP) is 8.05. The van der Waals surface area contributed by atoms with Gasteiger partial charge in [-0.05, 0) is 38.0 Å². The number of aliphatic hydroxyl groups excluding tert-OH is 3. The Morgan fingerprint density at radius 1 is 0.700 bits per heavy atom. The van der Waals surface area contributed by atoms with E-state index in [2.05, 4.69) is 37.4 Å². The first-order chi connectivity index (χ1) is 24.0. The third kappa shape index (κ3) is 33.3. The summed E-state index contributed by atoms with van der Waals surface area (Å²) in [6.45, 7) is 4.38. The number of carbonyl (C=O) groups excluding carboxylic acids is 2. The largest absolute Gasteiger partial charge is 0.472 e. The van der Waals surface area contributed by atoms with Crippen LogP contribution in [0.5, 0.6) is 0 Å². The molecule has 0 radical (unpaired) electrons. The van der Waals surface area contributed by atoms with E-state index in [0.717, 1.165) is 63.7 Å². The van der Waals surface area contributed by atoms with Gasteiger partial charge in [0.15, 0.2) is 6.10 Å². The second-order valence-electron chi connectivity index (χ2n) is 13.3. The van der Waals surface area contributed by atoms with E-state index in [0.29, 0.717) is 19.3 Å². The first-order valence-electron chi connectivity index (χ1n) is 18.9. The molecule has 0 rings (SSSR count). The summed E-state index contributed by atoms with van der Waals surface area (Å²) in [6.07, 6.45) is 25.8. The molecule has 12 heteroatoms. The Morgan fingerprint density at radius 2 is 1.26 bits per heavy atom. The third-order valence-corrected chi connectivity index (χ3v) is 8.79. The Morgan fingerprint density at radius 3 is 1.86 bits per heavy atom. The van der Waals surface area contributed by atoms with Crippen molar-refractivity contribution < 1.29 is 52.9 Å². The molecule has 292 valence electrons. The van der Waals surface area contributed by atoms with Crippen LogP contribution in [0.25, 0.3) is 0 Å². The van der Waals surface area contributed by atoms with Crippen molar-refractivity contribution in [1.82, 2.24) is 0 Å². The van der Waals surface area contributed by atoms with Crippen LogP contribution < -0.4 is 0 Å². The summed E-state index contributed by atoms with van der Waals surface area (Å²) in [6, 6.07) is 0. The Bertz CT molecular complexity index is 966. The summed E-state index contributed by atoms with van der Waals surface area (Å²) in [7, 11) is -4.64. The summed E-state index contributed by atoms with van der Waals surface area (Å²) >= 11 is 0. The lowest BCUT2D eigenvalue weighted by Gasteiger charge is -2.20. The number of carbonyl (C=O) groups is 2. The second-order valence-corrected chi connectivity index (χ2v) is 14.7. The van der Waals surface area contributed by atoms with Gasteiger partial charge in [-0.15, -0.1) is 0 Å². The normalized spacial score (nSPS) is 15.2. The molecule has 0 aromatic heterocycles. The number of allylic oxidation sites excluding steroid dienone is 5. The first kappa shape index (κ1) is 48.1. The fourth-order valence-corrected chi connectivity index (χ4v) is 5.68. The van der Waals surface area contributed by atoms with Crippen molar-refractivity contribution in [3.63, 3.8) is 0 Å². The highest BCUT2D eigenvalue weighted by Gasteiger charge is 2.27. The molecule has 0 fully saturated rings. The average molecular weight is 733 g/mol. The molecule has 0 saturated carbocycles. The highest BCUT2D eigenvalue weighted by molar-refractivity contribution is 7.47. The van der Waals surface area contributed by atoms with E-state index in [4.69, 9.17) is 19.1 Å². The second kappa shape index (κ2) is 33.0. The lowest BCUT2D eigenvalue weighted by Crippen LogP contribution is -2.29. The zero-order valence-corrected chi connectivity index (χ0v) is 32.0. The van der Waals surface area contributed by atoms with Gasteiger partial charge in [-0.25, -0.2) is 4.57 Å². The van der Waals surface area contributed by atoms with Gasteiger partial charge in [0.2, 0.25) is 0 Å². The summed E-state index contributed by atoms with van der Waals surface area (Å²) in [5.74, 6) is -0.252. The van der Waals surface area contributed by atoms with E-state index in [1.165, 1.54) is 32.1 Å². The van der Waals surface area contributed by atoms with Crippen LogP contribution in [0.4, 0.5) is 0 Å². The molecular weight excluding hydrogens is 663 g/mol. The van der Waals surface area contributed by atoms with Crippen LogP contribution in [-0.2, 0) is 32.7 Å². The lowest BCUT2D eigenvalue weighted by atomic mass is 10.0. The fraction of sp³-hybridized carbons (Fsp3) is 0.789. The van der Waals surface area contributed by atoms with E-state index in [1.807, 2.05) is 18.2 Å². The van der Waals surface area contributed by atoms with Crippen molar-refractivity contribution in [2.45, 2.75) is 161 Å². The number of hydrogen-bond acceptors (Lipinski definition) is 10. The number of ether oxygens (including phenoxy) is 2. The highest BCUT2D eigenvalue weighted by atomic mass is 31.2. The van der Waals surface area contributed by atoms with E-state index >= 15 is 0 Å². The summed E-state index contributed by atoms with van der Waals surface area (Å²) in [5, 5.41) is 28.4. The predicted molar refractivity (Wildman–Crippen MR) is 197 cm³/mol. The van der Waals surface area contributed by atoms with Crippen molar-refractivity contribution in [2.75, 3.05) is 26.4 Å². The fourth-order valence-electron chi connectivity index (χ4n) is 4.89. The maximum absolute atomic E-state index is 12.5. The Hall–Kier alpha value is -1.85. The summed E-state index contributed by atoms with van der Waals surface area (Å²) < 4.78 is 32.5. The highest BCUT2D eigenvalue weighted by Crippen LogP contribution is 2.43. The van der Waals surface area contributed by atoms with Crippen molar-refractivity contribution >= 4 is 19.8 Å². The molecule has 4 atom stereocenters. The van der Waals surface area contributed by atoms with Crippen LogP contribution in [0.1, 0.15) is 143 Å². The Labute approximate surface area is 302 Å². The molecule has 0 spiro atoms. The smallest absolute Gasteiger partial charge is 0.462 e. The van der Waals surface area contributed by atoms with Crippen molar-refractivity contribution in [3.8, 4) is 0 Å². The Kier molecular flexibility index (Phi) is 31.8. The van der Waals surface area contributed by atoms with Crippen LogP contribution in [0.3, 0.4) is 0 Å².